The monoisotopic (exact) mass is 319 g/mol. The fourth-order valence-corrected chi connectivity index (χ4v) is 3.24. The Labute approximate surface area is 127 Å². The lowest BCUT2D eigenvalue weighted by Gasteiger charge is -2.38. The van der Waals surface area contributed by atoms with E-state index in [1.54, 1.807) is 24.8 Å². The lowest BCUT2D eigenvalue weighted by Crippen LogP contribution is -2.50. The summed E-state index contributed by atoms with van der Waals surface area (Å²) in [5.41, 5.74) is -0.488. The second-order valence-electron chi connectivity index (χ2n) is 5.86. The van der Waals surface area contributed by atoms with E-state index >= 15 is 0 Å². The van der Waals surface area contributed by atoms with Gasteiger partial charge in [0.25, 0.3) is 0 Å². The summed E-state index contributed by atoms with van der Waals surface area (Å²) in [6.45, 7) is 10.8. The molecule has 1 heterocycles. The Morgan fingerprint density at radius 3 is 2.19 bits per heavy atom. The summed E-state index contributed by atoms with van der Waals surface area (Å²) in [4.78, 5) is 13.4. The minimum absolute atomic E-state index is 0.159. The summed E-state index contributed by atoms with van der Waals surface area (Å²) in [7, 11) is -3.14. The van der Waals surface area contributed by atoms with Crippen LogP contribution in [0.15, 0.2) is 11.9 Å². The lowest BCUT2D eigenvalue weighted by atomic mass is 10.0. The minimum atomic E-state index is -3.14. The average Bonchev–Trinajstić information content (AvgIpc) is 2.24. The fraction of sp³-hybridized carbons (Fsp3) is 0.786. The predicted octanol–water partition coefficient (Wildman–Crippen LogP) is 3.63. The molecule has 1 aliphatic rings. The van der Waals surface area contributed by atoms with E-state index in [0.717, 1.165) is 0 Å². The molecule has 0 N–H and O–H groups in total. The number of ether oxygens (including phenoxy) is 1. The third-order valence-corrected chi connectivity index (χ3v) is 4.49. The summed E-state index contributed by atoms with van der Waals surface area (Å²) in [5.74, 6) is 1.66. The molecule has 0 atom stereocenters. The van der Waals surface area contributed by atoms with Crippen molar-refractivity contribution < 1.29 is 23.1 Å². The predicted molar refractivity (Wildman–Crippen MR) is 81.3 cm³/mol. The first-order chi connectivity index (χ1) is 9.69. The number of nitrogens with zero attached hydrogens (tertiary/aromatic N) is 1. The molecule has 0 radical (unpaired) electrons. The Balaban J connectivity index is 2.45. The van der Waals surface area contributed by atoms with Gasteiger partial charge >= 0.3 is 13.7 Å². The normalized spacial score (nSPS) is 17.1. The molecule has 1 saturated heterocycles. The molecule has 0 bridgehead atoms. The average molecular weight is 319 g/mol. The Hall–Kier alpha value is -0.840. The molecule has 1 amide bonds. The molecule has 122 valence electrons. The number of rotatable bonds is 6. The van der Waals surface area contributed by atoms with Crippen LogP contribution in [0.3, 0.4) is 0 Å². The van der Waals surface area contributed by atoms with E-state index in [2.05, 4.69) is 0 Å². The van der Waals surface area contributed by atoms with E-state index in [4.69, 9.17) is 13.8 Å². The zero-order chi connectivity index (χ0) is 16.1. The summed E-state index contributed by atoms with van der Waals surface area (Å²) in [6.07, 6.45) is 1.48. The Bertz CT molecular complexity index is 414. The van der Waals surface area contributed by atoms with E-state index in [1.165, 1.54) is 5.82 Å². The van der Waals surface area contributed by atoms with Crippen molar-refractivity contribution in [2.45, 2.75) is 40.2 Å². The van der Waals surface area contributed by atoms with E-state index in [9.17, 15) is 9.36 Å². The van der Waals surface area contributed by atoms with Crippen molar-refractivity contribution >= 4 is 13.7 Å². The molecule has 0 saturated carbocycles. The maximum absolute atomic E-state index is 12.2. The molecule has 0 aromatic carbocycles. The van der Waals surface area contributed by atoms with Crippen molar-refractivity contribution in [1.82, 2.24) is 4.90 Å². The highest BCUT2D eigenvalue weighted by atomic mass is 31.2. The molecule has 0 aromatic heterocycles. The molecule has 21 heavy (non-hydrogen) atoms. The molecule has 0 spiro atoms. The Morgan fingerprint density at radius 1 is 1.24 bits per heavy atom. The van der Waals surface area contributed by atoms with E-state index in [1.807, 2.05) is 20.8 Å². The molecular weight excluding hydrogens is 293 g/mol. The second kappa shape index (κ2) is 7.43. The minimum Gasteiger partial charge on any atom is -0.444 e. The van der Waals surface area contributed by atoms with Crippen molar-refractivity contribution in [2.75, 3.05) is 26.3 Å². The molecule has 0 aromatic rings. The first kappa shape index (κ1) is 18.2. The van der Waals surface area contributed by atoms with E-state index in [-0.39, 0.29) is 12.0 Å². The number of hydrogen-bond acceptors (Lipinski definition) is 5. The van der Waals surface area contributed by atoms with Crippen LogP contribution in [0.2, 0.25) is 0 Å². The zero-order valence-electron chi connectivity index (χ0n) is 13.5. The third-order valence-electron chi connectivity index (χ3n) is 2.72. The second-order valence-corrected chi connectivity index (χ2v) is 7.76. The molecule has 0 aliphatic carbocycles. The molecule has 6 nitrogen and oxygen atoms in total. The van der Waals surface area contributed by atoms with Crippen molar-refractivity contribution in [3.63, 3.8) is 0 Å². The molecule has 1 rings (SSSR count). The van der Waals surface area contributed by atoms with Crippen molar-refractivity contribution in [3.8, 4) is 0 Å². The van der Waals surface area contributed by atoms with Gasteiger partial charge in [0.2, 0.25) is 0 Å². The quantitative estimate of drug-likeness (QED) is 0.699. The van der Waals surface area contributed by atoms with Gasteiger partial charge in [-0.15, -0.1) is 0 Å². The van der Waals surface area contributed by atoms with Crippen LogP contribution < -0.4 is 0 Å². The highest BCUT2D eigenvalue weighted by Crippen LogP contribution is 2.50. The molecular formula is C14H26NO5P. The fourth-order valence-electron chi connectivity index (χ4n) is 1.82. The zero-order valence-corrected chi connectivity index (χ0v) is 14.4. The number of amides is 1. The first-order valence-electron chi connectivity index (χ1n) is 7.25. The van der Waals surface area contributed by atoms with Crippen LogP contribution in [-0.4, -0.2) is 42.9 Å². The van der Waals surface area contributed by atoms with Gasteiger partial charge in [-0.1, -0.05) is 6.08 Å². The van der Waals surface area contributed by atoms with Gasteiger partial charge < -0.3 is 18.7 Å². The van der Waals surface area contributed by atoms with Crippen LogP contribution >= 0.6 is 7.60 Å². The van der Waals surface area contributed by atoms with Crippen LogP contribution in [0.4, 0.5) is 4.79 Å². The maximum atomic E-state index is 12.2. The summed E-state index contributed by atoms with van der Waals surface area (Å²) >= 11 is 0. The van der Waals surface area contributed by atoms with Gasteiger partial charge in [0.15, 0.2) is 0 Å². The van der Waals surface area contributed by atoms with Gasteiger partial charge in [0, 0.05) is 24.8 Å². The van der Waals surface area contributed by atoms with Gasteiger partial charge in [-0.2, -0.15) is 0 Å². The van der Waals surface area contributed by atoms with Crippen LogP contribution in [0.25, 0.3) is 0 Å². The van der Waals surface area contributed by atoms with Crippen LogP contribution in [0.1, 0.15) is 34.6 Å². The van der Waals surface area contributed by atoms with Crippen molar-refractivity contribution in [3.05, 3.63) is 11.9 Å². The van der Waals surface area contributed by atoms with Crippen molar-refractivity contribution in [1.29, 1.82) is 0 Å². The largest absolute Gasteiger partial charge is 0.444 e. The SMILES string of the molecule is CCOP(=O)(/C=C/C1CN(C(=O)OC(C)(C)C)C1)OCC. The van der Waals surface area contributed by atoms with Gasteiger partial charge in [-0.25, -0.2) is 4.79 Å². The summed E-state index contributed by atoms with van der Waals surface area (Å²) in [5, 5.41) is 0. The molecule has 1 fully saturated rings. The number of carbonyl (C=O) groups is 1. The van der Waals surface area contributed by atoms with Gasteiger partial charge in [0.05, 0.1) is 13.2 Å². The van der Waals surface area contributed by atoms with Gasteiger partial charge in [-0.05, 0) is 34.6 Å². The first-order valence-corrected chi connectivity index (χ1v) is 8.86. The van der Waals surface area contributed by atoms with Gasteiger partial charge in [0.1, 0.15) is 5.60 Å². The number of hydrogen-bond donors (Lipinski definition) is 0. The summed E-state index contributed by atoms with van der Waals surface area (Å²) in [6, 6.07) is 0. The van der Waals surface area contributed by atoms with E-state index in [0.29, 0.717) is 26.3 Å². The Morgan fingerprint density at radius 2 is 1.76 bits per heavy atom. The molecule has 1 aliphatic heterocycles. The third kappa shape index (κ3) is 6.20. The maximum Gasteiger partial charge on any atom is 0.410 e. The van der Waals surface area contributed by atoms with Crippen molar-refractivity contribution in [2.24, 2.45) is 5.92 Å². The number of carbonyl (C=O) groups excluding carboxylic acids is 1. The standard InChI is InChI=1S/C14H26NO5P/c1-6-18-21(17,19-7-2)9-8-12-10-15(11-12)13(16)20-14(3,4)5/h8-9,12H,6-7,10-11H2,1-5H3/b9-8+. The highest BCUT2D eigenvalue weighted by molar-refractivity contribution is 7.57. The molecule has 7 heteroatoms. The molecule has 0 unspecified atom stereocenters. The summed E-state index contributed by atoms with van der Waals surface area (Å²) < 4.78 is 27.8. The smallest absolute Gasteiger partial charge is 0.410 e. The van der Waals surface area contributed by atoms with Crippen LogP contribution in [0.5, 0.6) is 0 Å². The van der Waals surface area contributed by atoms with Crippen LogP contribution in [0, 0.1) is 5.92 Å². The Kier molecular flexibility index (Phi) is 6.44. The van der Waals surface area contributed by atoms with E-state index < -0.39 is 13.2 Å². The number of likely N-dealkylation sites (tertiary alicyclic amines) is 1. The van der Waals surface area contributed by atoms with Crippen LogP contribution in [-0.2, 0) is 18.3 Å². The van der Waals surface area contributed by atoms with Gasteiger partial charge in [-0.3, -0.25) is 4.57 Å². The highest BCUT2D eigenvalue weighted by Gasteiger charge is 2.33. The topological polar surface area (TPSA) is 65.1 Å². The lowest BCUT2D eigenvalue weighted by molar-refractivity contribution is 0.00494.